The minimum Gasteiger partial charge on any atom is -0.491 e. The Hall–Kier alpha value is -3.55. The Morgan fingerprint density at radius 1 is 1.19 bits per heavy atom. The second-order valence-corrected chi connectivity index (χ2v) is 6.02. The lowest BCUT2D eigenvalue weighted by atomic mass is 10.1. The van der Waals surface area contributed by atoms with E-state index in [-0.39, 0.29) is 17.5 Å². The Morgan fingerprint density at radius 3 is 2.62 bits per heavy atom. The number of ether oxygens (including phenoxy) is 1. The van der Waals surface area contributed by atoms with Crippen molar-refractivity contribution in [2.24, 2.45) is 11.5 Å². The molecule has 0 aliphatic rings. The average Bonchev–Trinajstić information content (AvgIpc) is 2.96. The lowest BCUT2D eigenvalue weighted by molar-refractivity contribution is 0.0996. The highest BCUT2D eigenvalue weighted by atomic mass is 16.5. The molecule has 0 radical (unpaired) electrons. The smallest absolute Gasteiger partial charge is 0.316 e. The number of anilines is 1. The second-order valence-electron chi connectivity index (χ2n) is 6.02. The molecule has 134 valence electrons. The third-order valence-electron chi connectivity index (χ3n) is 3.65. The monoisotopic (exact) mass is 353 g/mol. The summed E-state index contributed by atoms with van der Waals surface area (Å²) in [4.78, 5) is 22.8. The molecule has 0 spiro atoms. The summed E-state index contributed by atoms with van der Waals surface area (Å²) < 4.78 is 7.23. The van der Waals surface area contributed by atoms with Gasteiger partial charge in [0.15, 0.2) is 5.69 Å². The summed E-state index contributed by atoms with van der Waals surface area (Å²) in [6, 6.07) is 10.6. The number of primary amides is 2. The maximum atomic E-state index is 11.6. The van der Waals surface area contributed by atoms with Crippen LogP contribution in [0.1, 0.15) is 24.3 Å². The quantitative estimate of drug-likeness (QED) is 0.651. The van der Waals surface area contributed by atoms with Crippen LogP contribution in [0, 0.1) is 0 Å². The number of urea groups is 1. The van der Waals surface area contributed by atoms with E-state index >= 15 is 0 Å². The number of benzene rings is 2. The third kappa shape index (κ3) is 3.44. The minimum absolute atomic E-state index is 0.0390. The molecule has 8 heteroatoms. The molecule has 2 aromatic carbocycles. The van der Waals surface area contributed by atoms with Crippen LogP contribution in [0.3, 0.4) is 0 Å². The van der Waals surface area contributed by atoms with E-state index in [9.17, 15) is 9.59 Å². The Morgan fingerprint density at radius 2 is 1.96 bits per heavy atom. The highest BCUT2D eigenvalue weighted by Gasteiger charge is 2.17. The molecule has 1 heterocycles. The Balaban J connectivity index is 2.15. The van der Waals surface area contributed by atoms with Crippen molar-refractivity contribution in [3.63, 3.8) is 0 Å². The van der Waals surface area contributed by atoms with Crippen LogP contribution in [0.15, 0.2) is 42.6 Å². The van der Waals surface area contributed by atoms with E-state index in [1.807, 2.05) is 50.2 Å². The minimum atomic E-state index is -0.808. The predicted octanol–water partition coefficient (Wildman–Crippen LogP) is 2.40. The zero-order chi connectivity index (χ0) is 18.8. The highest BCUT2D eigenvalue weighted by molar-refractivity contribution is 6.01. The summed E-state index contributed by atoms with van der Waals surface area (Å²) in [5.41, 5.74) is 11.3. The van der Waals surface area contributed by atoms with Gasteiger partial charge in [0, 0.05) is 5.39 Å². The van der Waals surface area contributed by atoms with Gasteiger partial charge in [-0.25, -0.2) is 9.48 Å². The van der Waals surface area contributed by atoms with E-state index in [4.69, 9.17) is 16.2 Å². The number of nitrogens with zero attached hydrogens (tertiary/aromatic N) is 2. The van der Waals surface area contributed by atoms with Crippen molar-refractivity contribution in [2.75, 3.05) is 5.32 Å². The first-order chi connectivity index (χ1) is 12.3. The molecule has 0 bridgehead atoms. The number of hydrogen-bond acceptors (Lipinski definition) is 4. The molecule has 0 aliphatic heterocycles. The number of hydrogen-bond donors (Lipinski definition) is 3. The van der Waals surface area contributed by atoms with Crippen molar-refractivity contribution < 1.29 is 14.3 Å². The van der Waals surface area contributed by atoms with Crippen LogP contribution in [-0.4, -0.2) is 27.8 Å². The normalized spacial score (nSPS) is 10.9. The van der Waals surface area contributed by atoms with Crippen LogP contribution in [0.2, 0.25) is 0 Å². The molecule has 3 rings (SSSR count). The van der Waals surface area contributed by atoms with Gasteiger partial charge in [-0.3, -0.25) is 4.79 Å². The molecule has 0 atom stereocenters. The number of carbonyl (C=O) groups excluding carboxylic acids is 2. The van der Waals surface area contributed by atoms with Crippen LogP contribution in [-0.2, 0) is 0 Å². The molecular weight excluding hydrogens is 334 g/mol. The van der Waals surface area contributed by atoms with Crippen molar-refractivity contribution >= 4 is 28.4 Å². The first-order valence-electron chi connectivity index (χ1n) is 8.01. The molecule has 0 fully saturated rings. The van der Waals surface area contributed by atoms with Gasteiger partial charge in [0.05, 0.1) is 23.7 Å². The summed E-state index contributed by atoms with van der Waals surface area (Å²) in [5, 5.41) is 8.41. The summed E-state index contributed by atoms with van der Waals surface area (Å²) in [5.74, 6) is -0.0470. The van der Waals surface area contributed by atoms with Gasteiger partial charge in [-0.05, 0) is 37.4 Å². The number of aromatic nitrogens is 2. The molecule has 26 heavy (non-hydrogen) atoms. The lowest BCUT2D eigenvalue weighted by Gasteiger charge is -2.12. The van der Waals surface area contributed by atoms with Crippen molar-refractivity contribution in [3.8, 4) is 11.4 Å². The number of nitrogens with two attached hydrogens (primary N) is 2. The largest absolute Gasteiger partial charge is 0.491 e. The fourth-order valence-corrected chi connectivity index (χ4v) is 2.68. The number of nitrogens with one attached hydrogen (secondary N) is 1. The van der Waals surface area contributed by atoms with Crippen molar-refractivity contribution in [3.05, 3.63) is 48.3 Å². The molecule has 5 N–H and O–H groups in total. The molecule has 0 saturated heterocycles. The Bertz CT molecular complexity index is 994. The predicted molar refractivity (Wildman–Crippen MR) is 98.6 cm³/mol. The van der Waals surface area contributed by atoms with E-state index < -0.39 is 11.9 Å². The summed E-state index contributed by atoms with van der Waals surface area (Å²) in [7, 11) is 0. The lowest BCUT2D eigenvalue weighted by Crippen LogP contribution is -2.22. The molecule has 3 aromatic rings. The van der Waals surface area contributed by atoms with E-state index in [2.05, 4.69) is 10.4 Å². The molecule has 3 amide bonds. The van der Waals surface area contributed by atoms with Gasteiger partial charge in [-0.1, -0.05) is 18.2 Å². The van der Waals surface area contributed by atoms with Gasteiger partial charge in [-0.15, -0.1) is 0 Å². The van der Waals surface area contributed by atoms with Crippen LogP contribution in [0.4, 0.5) is 10.5 Å². The number of rotatable bonds is 5. The van der Waals surface area contributed by atoms with Crippen molar-refractivity contribution in [1.82, 2.24) is 9.78 Å². The van der Waals surface area contributed by atoms with Gasteiger partial charge in [0.2, 0.25) is 0 Å². The van der Waals surface area contributed by atoms with Crippen LogP contribution < -0.4 is 21.5 Å². The standard InChI is InChI=1S/C18H19N5O3/c1-10(2)26-12-7-6-11-4-3-5-15(13(11)8-12)23-9-14(21-18(20)25)16(22-23)17(19)24/h3-10H,1-2H3,(H2,19,24)(H3,20,21,25). The fourth-order valence-electron chi connectivity index (χ4n) is 2.68. The topological polar surface area (TPSA) is 125 Å². The first-order valence-corrected chi connectivity index (χ1v) is 8.01. The number of amides is 3. The van der Waals surface area contributed by atoms with Gasteiger partial charge in [0.25, 0.3) is 5.91 Å². The second kappa shape index (κ2) is 6.75. The van der Waals surface area contributed by atoms with Gasteiger partial charge >= 0.3 is 6.03 Å². The van der Waals surface area contributed by atoms with Crippen molar-refractivity contribution in [2.45, 2.75) is 20.0 Å². The summed E-state index contributed by atoms with van der Waals surface area (Å²) in [6.45, 7) is 3.90. The number of carbonyl (C=O) groups is 2. The van der Waals surface area contributed by atoms with E-state index in [0.717, 1.165) is 16.5 Å². The molecule has 1 aromatic heterocycles. The summed E-state index contributed by atoms with van der Waals surface area (Å²) >= 11 is 0. The highest BCUT2D eigenvalue weighted by Crippen LogP contribution is 2.28. The van der Waals surface area contributed by atoms with Crippen LogP contribution in [0.5, 0.6) is 5.75 Å². The maximum Gasteiger partial charge on any atom is 0.316 e. The summed E-state index contributed by atoms with van der Waals surface area (Å²) in [6.07, 6.45) is 1.53. The molecule has 0 unspecified atom stereocenters. The SMILES string of the molecule is CC(C)Oc1ccc2cccc(-n3cc(NC(N)=O)c(C(N)=O)n3)c2c1. The average molecular weight is 353 g/mol. The van der Waals surface area contributed by atoms with Gasteiger partial charge in [0.1, 0.15) is 5.75 Å². The molecular formula is C18H19N5O3. The Labute approximate surface area is 149 Å². The van der Waals surface area contributed by atoms with Gasteiger partial charge in [-0.2, -0.15) is 5.10 Å². The van der Waals surface area contributed by atoms with Crippen LogP contribution >= 0.6 is 0 Å². The number of fused-ring (bicyclic) bond motifs is 1. The van der Waals surface area contributed by atoms with E-state index in [0.29, 0.717) is 5.69 Å². The molecule has 8 nitrogen and oxygen atoms in total. The fraction of sp³-hybridized carbons (Fsp3) is 0.167. The molecule has 0 saturated carbocycles. The molecule has 0 aliphatic carbocycles. The maximum absolute atomic E-state index is 11.6. The van der Waals surface area contributed by atoms with Crippen LogP contribution in [0.25, 0.3) is 16.5 Å². The first kappa shape index (κ1) is 17.3. The van der Waals surface area contributed by atoms with Crippen molar-refractivity contribution in [1.29, 1.82) is 0 Å². The van der Waals surface area contributed by atoms with E-state index in [1.54, 1.807) is 0 Å². The zero-order valence-electron chi connectivity index (χ0n) is 14.4. The van der Waals surface area contributed by atoms with E-state index in [1.165, 1.54) is 10.9 Å². The van der Waals surface area contributed by atoms with Gasteiger partial charge < -0.3 is 21.5 Å². The third-order valence-corrected chi connectivity index (χ3v) is 3.65. The zero-order valence-corrected chi connectivity index (χ0v) is 14.4. The Kier molecular flexibility index (Phi) is 4.49.